The van der Waals surface area contributed by atoms with E-state index < -0.39 is 17.5 Å². The minimum absolute atomic E-state index is 0.141. The maximum atomic E-state index is 14.2. The van der Waals surface area contributed by atoms with Crippen molar-refractivity contribution in [2.45, 2.75) is 26.3 Å². The Balaban J connectivity index is 1.77. The number of aromatic nitrogens is 1. The summed E-state index contributed by atoms with van der Waals surface area (Å²) in [5.74, 6) is -2.67. The Bertz CT molecular complexity index is 1230. The zero-order valence-corrected chi connectivity index (χ0v) is 16.1. The summed E-state index contributed by atoms with van der Waals surface area (Å²) in [5, 5.41) is 0. The Hall–Kier alpha value is -3.20. The van der Waals surface area contributed by atoms with E-state index in [9.17, 15) is 23.2 Å². The fourth-order valence-corrected chi connectivity index (χ4v) is 4.43. The van der Waals surface area contributed by atoms with Crippen molar-refractivity contribution in [1.82, 2.24) is 4.57 Å². The van der Waals surface area contributed by atoms with Crippen LogP contribution in [0.1, 0.15) is 30.1 Å². The number of rotatable bonds is 3. The van der Waals surface area contributed by atoms with Gasteiger partial charge in [0.1, 0.15) is 5.82 Å². The minimum atomic E-state index is -0.722. The second-order valence-electron chi connectivity index (χ2n) is 6.45. The third kappa shape index (κ3) is 3.38. The summed E-state index contributed by atoms with van der Waals surface area (Å²) in [6.07, 6.45) is 0.281. The van der Waals surface area contributed by atoms with Gasteiger partial charge in [-0.05, 0) is 31.2 Å². The van der Waals surface area contributed by atoms with E-state index in [1.54, 1.807) is 19.1 Å². The molecule has 0 bridgehead atoms. The van der Waals surface area contributed by atoms with Crippen molar-refractivity contribution in [3.8, 4) is 0 Å². The molecule has 0 saturated carbocycles. The molecule has 0 N–H and O–H groups in total. The quantitative estimate of drug-likeness (QED) is 0.616. The van der Waals surface area contributed by atoms with E-state index in [0.717, 1.165) is 22.3 Å². The van der Waals surface area contributed by atoms with Crippen LogP contribution in [0.25, 0.3) is 10.2 Å². The van der Waals surface area contributed by atoms with Gasteiger partial charge in [-0.3, -0.25) is 19.3 Å². The van der Waals surface area contributed by atoms with Gasteiger partial charge in [-0.15, -0.1) is 0 Å². The molecule has 0 unspecified atom stereocenters. The standard InChI is InChI=1S/C20H15F2N3O3S/c1-2-24-18-14(22)9-12(21)10-15(18)29-20(24)23-19(28)11-4-3-5-13(8-11)25-16(26)6-7-17(25)27/h3-5,8-10H,2,6-7H2,1H3. The van der Waals surface area contributed by atoms with Gasteiger partial charge < -0.3 is 4.57 Å². The SMILES string of the molecule is CCn1c(=NC(=O)c2cccc(N3C(=O)CCC3=O)c2)sc2cc(F)cc(F)c21. The summed E-state index contributed by atoms with van der Waals surface area (Å²) >= 11 is 1.01. The van der Waals surface area contributed by atoms with Crippen LogP contribution in [0.5, 0.6) is 0 Å². The van der Waals surface area contributed by atoms with Gasteiger partial charge in [-0.1, -0.05) is 17.4 Å². The van der Waals surface area contributed by atoms with Gasteiger partial charge in [0.2, 0.25) is 11.8 Å². The largest absolute Gasteiger partial charge is 0.314 e. The maximum Gasteiger partial charge on any atom is 0.279 e. The molecule has 148 valence electrons. The molecule has 0 atom stereocenters. The third-order valence-corrected chi connectivity index (χ3v) is 5.64. The average molecular weight is 415 g/mol. The zero-order valence-electron chi connectivity index (χ0n) is 15.3. The molecule has 29 heavy (non-hydrogen) atoms. The summed E-state index contributed by atoms with van der Waals surface area (Å²) < 4.78 is 29.6. The van der Waals surface area contributed by atoms with Crippen LogP contribution in [0.3, 0.4) is 0 Å². The molecule has 1 aliphatic heterocycles. The Labute approximate surface area is 167 Å². The fraction of sp³-hybridized carbons (Fsp3) is 0.200. The number of carbonyl (C=O) groups is 3. The number of benzene rings is 2. The molecule has 1 aliphatic rings. The van der Waals surface area contributed by atoms with E-state index in [1.165, 1.54) is 22.8 Å². The maximum absolute atomic E-state index is 14.2. The lowest BCUT2D eigenvalue weighted by molar-refractivity contribution is -0.121. The third-order valence-electron chi connectivity index (χ3n) is 4.61. The first-order valence-electron chi connectivity index (χ1n) is 8.92. The van der Waals surface area contributed by atoms with Gasteiger partial charge >= 0.3 is 0 Å². The summed E-state index contributed by atoms with van der Waals surface area (Å²) in [4.78, 5) is 41.9. The van der Waals surface area contributed by atoms with Crippen LogP contribution in [0.15, 0.2) is 41.4 Å². The number of hydrogen-bond acceptors (Lipinski definition) is 4. The molecule has 1 fully saturated rings. The lowest BCUT2D eigenvalue weighted by atomic mass is 10.2. The van der Waals surface area contributed by atoms with E-state index in [1.807, 2.05) is 0 Å². The molecule has 3 aromatic rings. The van der Waals surface area contributed by atoms with Gasteiger partial charge in [-0.2, -0.15) is 4.99 Å². The van der Waals surface area contributed by atoms with Crippen LogP contribution >= 0.6 is 11.3 Å². The highest BCUT2D eigenvalue weighted by atomic mass is 32.1. The number of carbonyl (C=O) groups excluding carboxylic acids is 3. The van der Waals surface area contributed by atoms with Crippen LogP contribution in [-0.2, 0) is 16.1 Å². The smallest absolute Gasteiger partial charge is 0.279 e. The number of amides is 3. The number of anilines is 1. The number of halogens is 2. The molecule has 6 nitrogen and oxygen atoms in total. The van der Waals surface area contributed by atoms with Gasteiger partial charge in [-0.25, -0.2) is 8.78 Å². The Morgan fingerprint density at radius 3 is 2.55 bits per heavy atom. The molecule has 4 rings (SSSR count). The Morgan fingerprint density at radius 1 is 1.14 bits per heavy atom. The highest BCUT2D eigenvalue weighted by Crippen LogP contribution is 2.24. The summed E-state index contributed by atoms with van der Waals surface area (Å²) in [5.41, 5.74) is 0.681. The molecule has 3 amide bonds. The van der Waals surface area contributed by atoms with E-state index in [0.29, 0.717) is 16.9 Å². The predicted molar refractivity (Wildman–Crippen MR) is 103 cm³/mol. The molecular formula is C20H15F2N3O3S. The van der Waals surface area contributed by atoms with E-state index in [4.69, 9.17) is 0 Å². The van der Waals surface area contributed by atoms with Gasteiger partial charge in [0.15, 0.2) is 10.6 Å². The number of nitrogens with zero attached hydrogens (tertiary/aromatic N) is 3. The second kappa shape index (κ2) is 7.32. The molecule has 0 aliphatic carbocycles. The first-order valence-corrected chi connectivity index (χ1v) is 9.74. The van der Waals surface area contributed by atoms with E-state index in [-0.39, 0.29) is 40.5 Å². The molecule has 2 aromatic carbocycles. The first-order chi connectivity index (χ1) is 13.9. The van der Waals surface area contributed by atoms with Crippen molar-refractivity contribution >= 4 is 45.0 Å². The first kappa shape index (κ1) is 19.1. The molecule has 9 heteroatoms. The van der Waals surface area contributed by atoms with Crippen LogP contribution in [0.2, 0.25) is 0 Å². The number of imide groups is 1. The lowest BCUT2D eigenvalue weighted by Crippen LogP contribution is -2.28. The van der Waals surface area contributed by atoms with Crippen molar-refractivity contribution in [3.05, 3.63) is 58.4 Å². The van der Waals surface area contributed by atoms with Crippen LogP contribution in [-0.4, -0.2) is 22.3 Å². The summed E-state index contributed by atoms with van der Waals surface area (Å²) in [6.45, 7) is 2.11. The lowest BCUT2D eigenvalue weighted by Gasteiger charge is -2.14. The normalized spacial score (nSPS) is 15.0. The fourth-order valence-electron chi connectivity index (χ4n) is 3.30. The number of fused-ring (bicyclic) bond motifs is 1. The molecule has 0 radical (unpaired) electrons. The van der Waals surface area contributed by atoms with Crippen LogP contribution in [0, 0.1) is 11.6 Å². The van der Waals surface area contributed by atoms with Crippen LogP contribution < -0.4 is 9.70 Å². The van der Waals surface area contributed by atoms with Gasteiger partial charge in [0.25, 0.3) is 5.91 Å². The topological polar surface area (TPSA) is 71.7 Å². The summed E-state index contributed by atoms with van der Waals surface area (Å²) in [6, 6.07) is 8.07. The average Bonchev–Trinajstić information content (AvgIpc) is 3.20. The van der Waals surface area contributed by atoms with E-state index in [2.05, 4.69) is 4.99 Å². The highest BCUT2D eigenvalue weighted by Gasteiger charge is 2.30. The van der Waals surface area contributed by atoms with E-state index >= 15 is 0 Å². The van der Waals surface area contributed by atoms with Crippen molar-refractivity contribution in [2.24, 2.45) is 4.99 Å². The molecule has 1 aromatic heterocycles. The van der Waals surface area contributed by atoms with Crippen LogP contribution in [0.4, 0.5) is 14.5 Å². The highest BCUT2D eigenvalue weighted by molar-refractivity contribution is 7.16. The van der Waals surface area contributed by atoms with Crippen molar-refractivity contribution in [3.63, 3.8) is 0 Å². The number of thiazole rings is 1. The minimum Gasteiger partial charge on any atom is -0.314 e. The molecule has 0 spiro atoms. The van der Waals surface area contributed by atoms with Gasteiger partial charge in [0, 0.05) is 31.0 Å². The summed E-state index contributed by atoms with van der Waals surface area (Å²) in [7, 11) is 0. The van der Waals surface area contributed by atoms with Crippen molar-refractivity contribution in [2.75, 3.05) is 4.90 Å². The van der Waals surface area contributed by atoms with Crippen molar-refractivity contribution in [1.29, 1.82) is 0 Å². The Morgan fingerprint density at radius 2 is 1.86 bits per heavy atom. The number of hydrogen-bond donors (Lipinski definition) is 0. The predicted octanol–water partition coefficient (Wildman–Crippen LogP) is 3.40. The monoisotopic (exact) mass is 415 g/mol. The van der Waals surface area contributed by atoms with Crippen molar-refractivity contribution < 1.29 is 23.2 Å². The van der Waals surface area contributed by atoms with Gasteiger partial charge in [0.05, 0.1) is 15.9 Å². The zero-order chi connectivity index (χ0) is 20.7. The second-order valence-corrected chi connectivity index (χ2v) is 7.46. The molecule has 2 heterocycles. The molecular weight excluding hydrogens is 400 g/mol. The Kier molecular flexibility index (Phi) is 4.83. The number of aryl methyl sites for hydroxylation is 1. The molecule has 1 saturated heterocycles.